The normalized spacial score (nSPS) is 15.9. The van der Waals surface area contributed by atoms with Gasteiger partial charge in [-0.2, -0.15) is 0 Å². The summed E-state index contributed by atoms with van der Waals surface area (Å²) in [6, 6.07) is 11.3. The number of hydrogen-bond donors (Lipinski definition) is 2. The van der Waals surface area contributed by atoms with Gasteiger partial charge in [0.15, 0.2) is 0 Å². The van der Waals surface area contributed by atoms with Crippen LogP contribution in [0, 0.1) is 0 Å². The lowest BCUT2D eigenvalue weighted by atomic mass is 9.95. The van der Waals surface area contributed by atoms with Crippen LogP contribution in [0.3, 0.4) is 0 Å². The van der Waals surface area contributed by atoms with E-state index in [1.54, 1.807) is 12.1 Å². The lowest BCUT2D eigenvalue weighted by Gasteiger charge is -2.31. The number of nitrogens with zero attached hydrogens (tertiary/aromatic N) is 2. The zero-order valence-electron chi connectivity index (χ0n) is 16.4. The minimum absolute atomic E-state index is 0.112. The Morgan fingerprint density at radius 3 is 2.63 bits per heavy atom. The van der Waals surface area contributed by atoms with E-state index in [1.165, 1.54) is 10.9 Å². The van der Waals surface area contributed by atoms with Crippen LogP contribution >= 0.6 is 23.2 Å². The van der Waals surface area contributed by atoms with Gasteiger partial charge in [-0.05, 0) is 68.2 Å². The molecule has 5 rings (SSSR count). The van der Waals surface area contributed by atoms with Crippen LogP contribution in [-0.2, 0) is 6.42 Å². The molecule has 2 aromatic heterocycles. The van der Waals surface area contributed by atoms with E-state index in [0.29, 0.717) is 15.9 Å². The van der Waals surface area contributed by atoms with Gasteiger partial charge < -0.3 is 14.9 Å². The van der Waals surface area contributed by atoms with E-state index in [0.717, 1.165) is 55.3 Å². The van der Waals surface area contributed by atoms with Gasteiger partial charge >= 0.3 is 0 Å². The molecule has 1 aliphatic heterocycles. The molecule has 7 heteroatoms. The Bertz CT molecular complexity index is 1270. The summed E-state index contributed by atoms with van der Waals surface area (Å²) < 4.78 is 0. The quantitative estimate of drug-likeness (QED) is 0.461. The molecule has 0 unspecified atom stereocenters. The first-order chi connectivity index (χ1) is 14.6. The van der Waals surface area contributed by atoms with Crippen LogP contribution < -0.4 is 5.56 Å². The highest BCUT2D eigenvalue weighted by atomic mass is 35.5. The van der Waals surface area contributed by atoms with Crippen molar-refractivity contribution in [2.24, 2.45) is 0 Å². The molecule has 3 heterocycles. The number of nitrogens with one attached hydrogen (secondary N) is 2. The molecule has 0 atom stereocenters. The van der Waals surface area contributed by atoms with E-state index in [4.69, 9.17) is 28.2 Å². The van der Waals surface area contributed by atoms with Crippen molar-refractivity contribution in [1.29, 1.82) is 0 Å². The SMILES string of the molecule is O=c1[nH]c(C2CCN(CCc3c[nH]c4cc(Cl)ccc34)CC2)nc2ccc(Cl)cc12. The van der Waals surface area contributed by atoms with E-state index >= 15 is 0 Å². The molecule has 0 bridgehead atoms. The van der Waals surface area contributed by atoms with Gasteiger partial charge in [0.1, 0.15) is 5.82 Å². The van der Waals surface area contributed by atoms with E-state index in [1.807, 2.05) is 18.2 Å². The van der Waals surface area contributed by atoms with Crippen LogP contribution in [0.25, 0.3) is 21.8 Å². The maximum Gasteiger partial charge on any atom is 0.258 e. The monoisotopic (exact) mass is 440 g/mol. The number of H-pyrrole nitrogens is 2. The molecule has 154 valence electrons. The number of fused-ring (bicyclic) bond motifs is 2. The zero-order chi connectivity index (χ0) is 20.7. The lowest BCUT2D eigenvalue weighted by Crippen LogP contribution is -2.35. The van der Waals surface area contributed by atoms with Gasteiger partial charge in [-0.3, -0.25) is 4.79 Å². The number of benzene rings is 2. The van der Waals surface area contributed by atoms with Gasteiger partial charge in [-0.1, -0.05) is 29.3 Å². The molecule has 0 spiro atoms. The molecule has 0 aliphatic carbocycles. The van der Waals surface area contributed by atoms with Crippen LogP contribution in [0.1, 0.15) is 30.1 Å². The minimum atomic E-state index is -0.112. The van der Waals surface area contributed by atoms with Crippen LogP contribution in [0.4, 0.5) is 0 Å². The first-order valence-corrected chi connectivity index (χ1v) is 11.0. The van der Waals surface area contributed by atoms with Gasteiger partial charge in [0.05, 0.1) is 10.9 Å². The zero-order valence-corrected chi connectivity index (χ0v) is 17.9. The highest BCUT2D eigenvalue weighted by Gasteiger charge is 2.23. The molecule has 2 aromatic carbocycles. The fourth-order valence-electron chi connectivity index (χ4n) is 4.40. The highest BCUT2D eigenvalue weighted by Crippen LogP contribution is 2.27. The Morgan fingerprint density at radius 1 is 1.03 bits per heavy atom. The molecular formula is C23H22Cl2N4O. The topological polar surface area (TPSA) is 64.8 Å². The van der Waals surface area contributed by atoms with Gasteiger partial charge in [0.2, 0.25) is 0 Å². The molecule has 1 aliphatic rings. The predicted molar refractivity (Wildman–Crippen MR) is 123 cm³/mol. The molecule has 30 heavy (non-hydrogen) atoms. The fraction of sp³-hybridized carbons (Fsp3) is 0.304. The molecule has 1 fully saturated rings. The van der Waals surface area contributed by atoms with Crippen molar-refractivity contribution in [3.8, 4) is 0 Å². The van der Waals surface area contributed by atoms with Crippen molar-refractivity contribution in [3.63, 3.8) is 0 Å². The fourth-order valence-corrected chi connectivity index (χ4v) is 4.74. The molecule has 0 saturated carbocycles. The molecule has 5 nitrogen and oxygen atoms in total. The van der Waals surface area contributed by atoms with Crippen LogP contribution in [0.15, 0.2) is 47.4 Å². The van der Waals surface area contributed by atoms with Crippen LogP contribution in [-0.4, -0.2) is 39.5 Å². The summed E-state index contributed by atoms with van der Waals surface area (Å²) in [7, 11) is 0. The number of aromatic nitrogens is 3. The summed E-state index contributed by atoms with van der Waals surface area (Å²) in [6.07, 6.45) is 5.07. The Balaban J connectivity index is 1.23. The second kappa shape index (κ2) is 8.06. The summed E-state index contributed by atoms with van der Waals surface area (Å²) in [5, 5.41) is 3.09. The number of aromatic amines is 2. The molecule has 0 amide bonds. The summed E-state index contributed by atoms with van der Waals surface area (Å²) >= 11 is 12.1. The summed E-state index contributed by atoms with van der Waals surface area (Å²) in [5.41, 5.74) is 3.01. The van der Waals surface area contributed by atoms with Gasteiger partial charge in [0.25, 0.3) is 5.56 Å². The molecule has 4 aromatic rings. The van der Waals surface area contributed by atoms with Crippen LogP contribution in [0.5, 0.6) is 0 Å². The smallest absolute Gasteiger partial charge is 0.258 e. The lowest BCUT2D eigenvalue weighted by molar-refractivity contribution is 0.211. The van der Waals surface area contributed by atoms with Crippen molar-refractivity contribution < 1.29 is 0 Å². The minimum Gasteiger partial charge on any atom is -0.361 e. The Hall–Kier alpha value is -2.34. The van der Waals surface area contributed by atoms with Gasteiger partial charge in [-0.15, -0.1) is 0 Å². The first kappa shape index (κ1) is 19.6. The number of halogens is 2. The molecule has 1 saturated heterocycles. The molecule has 2 N–H and O–H groups in total. The summed E-state index contributed by atoms with van der Waals surface area (Å²) in [4.78, 5) is 25.9. The average molecular weight is 441 g/mol. The second-order valence-electron chi connectivity index (χ2n) is 7.98. The van der Waals surface area contributed by atoms with E-state index in [9.17, 15) is 4.79 Å². The average Bonchev–Trinajstić information content (AvgIpc) is 3.15. The maximum atomic E-state index is 12.4. The summed E-state index contributed by atoms with van der Waals surface area (Å²) in [6.45, 7) is 3.02. The Labute approximate surface area is 184 Å². The number of likely N-dealkylation sites (tertiary alicyclic amines) is 1. The Morgan fingerprint density at radius 2 is 1.80 bits per heavy atom. The standard InChI is InChI=1S/C23H22Cl2N4O/c24-16-2-4-20-19(11-16)23(30)28-22(27-20)14-5-8-29(9-6-14)10-7-15-13-26-21-12-17(25)1-3-18(15)21/h1-4,11-14,26H,5-10H2,(H,27,28,30). The third-order valence-electron chi connectivity index (χ3n) is 6.09. The maximum absolute atomic E-state index is 12.4. The second-order valence-corrected chi connectivity index (χ2v) is 8.86. The van der Waals surface area contributed by atoms with Crippen LogP contribution in [0.2, 0.25) is 10.0 Å². The highest BCUT2D eigenvalue weighted by molar-refractivity contribution is 6.31. The van der Waals surface area contributed by atoms with Gasteiger partial charge in [-0.25, -0.2) is 4.98 Å². The van der Waals surface area contributed by atoms with Gasteiger partial charge in [0, 0.05) is 39.6 Å². The molecule has 0 radical (unpaired) electrons. The number of rotatable bonds is 4. The van der Waals surface area contributed by atoms with E-state index in [-0.39, 0.29) is 11.5 Å². The summed E-state index contributed by atoms with van der Waals surface area (Å²) in [5.74, 6) is 1.08. The first-order valence-electron chi connectivity index (χ1n) is 10.2. The van der Waals surface area contributed by atoms with Crippen molar-refractivity contribution in [2.45, 2.75) is 25.2 Å². The van der Waals surface area contributed by atoms with Crippen molar-refractivity contribution >= 4 is 45.0 Å². The predicted octanol–water partition coefficient (Wildman–Crippen LogP) is 5.13. The van der Waals surface area contributed by atoms with Crippen molar-refractivity contribution in [1.82, 2.24) is 19.9 Å². The number of piperidine rings is 1. The van der Waals surface area contributed by atoms with E-state index < -0.39 is 0 Å². The number of hydrogen-bond acceptors (Lipinski definition) is 3. The third kappa shape index (κ3) is 3.85. The Kier molecular flexibility index (Phi) is 5.27. The largest absolute Gasteiger partial charge is 0.361 e. The molecular weight excluding hydrogens is 419 g/mol. The van der Waals surface area contributed by atoms with Crippen molar-refractivity contribution in [2.75, 3.05) is 19.6 Å². The van der Waals surface area contributed by atoms with Crippen molar-refractivity contribution in [3.05, 3.63) is 74.4 Å². The third-order valence-corrected chi connectivity index (χ3v) is 6.56. The van der Waals surface area contributed by atoms with E-state index in [2.05, 4.69) is 27.1 Å².